The van der Waals surface area contributed by atoms with Crippen molar-refractivity contribution >= 4 is 17.3 Å². The zero-order valence-electron chi connectivity index (χ0n) is 10.5. The number of nitriles is 1. The van der Waals surface area contributed by atoms with Gasteiger partial charge in [0, 0.05) is 18.4 Å². The van der Waals surface area contributed by atoms with Crippen molar-refractivity contribution in [3.05, 3.63) is 59.7 Å². The van der Waals surface area contributed by atoms with Crippen molar-refractivity contribution in [3.8, 4) is 6.07 Å². The highest BCUT2D eigenvalue weighted by Crippen LogP contribution is 2.19. The van der Waals surface area contributed by atoms with Gasteiger partial charge in [-0.1, -0.05) is 12.1 Å². The first-order chi connectivity index (χ1) is 9.13. The van der Waals surface area contributed by atoms with Crippen LogP contribution in [0.25, 0.3) is 0 Å². The summed E-state index contributed by atoms with van der Waals surface area (Å²) in [6, 6.07) is 15.8. The lowest BCUT2D eigenvalue weighted by Crippen LogP contribution is -2.26. The second-order valence-corrected chi connectivity index (χ2v) is 4.11. The van der Waals surface area contributed by atoms with Crippen molar-refractivity contribution in [3.63, 3.8) is 0 Å². The zero-order chi connectivity index (χ0) is 13.8. The number of nitrogens with zero attached hydrogens (tertiary/aromatic N) is 2. The molecule has 0 spiro atoms. The molecule has 19 heavy (non-hydrogen) atoms. The number of carbonyl (C=O) groups excluding carboxylic acids is 1. The molecule has 0 unspecified atom stereocenters. The van der Waals surface area contributed by atoms with Crippen LogP contribution in [0.3, 0.4) is 0 Å². The summed E-state index contributed by atoms with van der Waals surface area (Å²) in [6.45, 7) is 0. The molecule has 2 rings (SSSR count). The Morgan fingerprint density at radius 1 is 1.16 bits per heavy atom. The molecular weight excluding hydrogens is 238 g/mol. The van der Waals surface area contributed by atoms with E-state index in [0.717, 1.165) is 0 Å². The van der Waals surface area contributed by atoms with E-state index in [1.807, 2.05) is 6.07 Å². The van der Waals surface area contributed by atoms with Gasteiger partial charge in [-0.05, 0) is 36.4 Å². The summed E-state index contributed by atoms with van der Waals surface area (Å²) < 4.78 is 0. The molecule has 0 radical (unpaired) electrons. The Morgan fingerprint density at radius 2 is 1.79 bits per heavy atom. The predicted octanol–water partition coefficient (Wildman–Crippen LogP) is 2.42. The van der Waals surface area contributed by atoms with E-state index in [0.29, 0.717) is 22.5 Å². The molecule has 0 aliphatic rings. The summed E-state index contributed by atoms with van der Waals surface area (Å²) in [4.78, 5) is 13.8. The molecule has 0 heterocycles. The average Bonchev–Trinajstić information content (AvgIpc) is 2.46. The van der Waals surface area contributed by atoms with E-state index in [1.165, 1.54) is 4.90 Å². The fourth-order valence-electron chi connectivity index (χ4n) is 1.75. The summed E-state index contributed by atoms with van der Waals surface area (Å²) in [5.74, 6) is -0.178. The standard InChI is InChI=1S/C15H13N3O/c1-18(12-8-6-11(10-16)7-9-12)15(19)13-4-2-3-5-14(13)17/h2-9H,17H2,1H3. The number of nitrogens with two attached hydrogens (primary N) is 1. The molecule has 0 aliphatic heterocycles. The van der Waals surface area contributed by atoms with Crippen LogP contribution in [0, 0.1) is 11.3 Å². The summed E-state index contributed by atoms with van der Waals surface area (Å²) in [5.41, 5.74) is 7.99. The summed E-state index contributed by atoms with van der Waals surface area (Å²) in [7, 11) is 1.68. The van der Waals surface area contributed by atoms with Gasteiger partial charge < -0.3 is 10.6 Å². The molecule has 4 heteroatoms. The monoisotopic (exact) mass is 251 g/mol. The van der Waals surface area contributed by atoms with Gasteiger partial charge >= 0.3 is 0 Å². The Hall–Kier alpha value is -2.80. The van der Waals surface area contributed by atoms with Gasteiger partial charge in [-0.15, -0.1) is 0 Å². The van der Waals surface area contributed by atoms with Gasteiger partial charge in [-0.2, -0.15) is 5.26 Å². The Balaban J connectivity index is 2.29. The molecule has 4 nitrogen and oxygen atoms in total. The molecule has 2 N–H and O–H groups in total. The maximum Gasteiger partial charge on any atom is 0.260 e. The molecule has 0 fully saturated rings. The number of anilines is 2. The third kappa shape index (κ3) is 2.55. The molecule has 0 aromatic heterocycles. The van der Waals surface area contributed by atoms with Crippen LogP contribution in [-0.2, 0) is 0 Å². The first-order valence-corrected chi connectivity index (χ1v) is 5.76. The Bertz CT molecular complexity index is 641. The van der Waals surface area contributed by atoms with Crippen molar-refractivity contribution in [2.24, 2.45) is 0 Å². The number of benzene rings is 2. The largest absolute Gasteiger partial charge is 0.398 e. The highest BCUT2D eigenvalue weighted by molar-refractivity contribution is 6.08. The smallest absolute Gasteiger partial charge is 0.260 e. The molecule has 2 aromatic rings. The SMILES string of the molecule is CN(C(=O)c1ccccc1N)c1ccc(C#N)cc1. The lowest BCUT2D eigenvalue weighted by molar-refractivity contribution is 0.0994. The van der Waals surface area contributed by atoms with Gasteiger partial charge in [0.1, 0.15) is 0 Å². The molecule has 0 aliphatic carbocycles. The molecule has 0 saturated heterocycles. The number of nitrogen functional groups attached to an aromatic ring is 1. The first-order valence-electron chi connectivity index (χ1n) is 5.76. The van der Waals surface area contributed by atoms with Crippen molar-refractivity contribution < 1.29 is 4.79 Å². The summed E-state index contributed by atoms with van der Waals surface area (Å²) >= 11 is 0. The topological polar surface area (TPSA) is 70.1 Å². The van der Waals surface area contributed by atoms with Gasteiger partial charge in [0.2, 0.25) is 0 Å². The molecule has 0 atom stereocenters. The Labute approximate surface area is 111 Å². The Kier molecular flexibility index (Phi) is 3.48. The van der Waals surface area contributed by atoms with Crippen LogP contribution in [0.5, 0.6) is 0 Å². The fourth-order valence-corrected chi connectivity index (χ4v) is 1.75. The predicted molar refractivity (Wildman–Crippen MR) is 74.7 cm³/mol. The molecule has 94 valence electrons. The molecule has 0 bridgehead atoms. The van der Waals surface area contributed by atoms with Gasteiger partial charge in [-0.3, -0.25) is 4.79 Å². The van der Waals surface area contributed by atoms with Crippen LogP contribution in [0.15, 0.2) is 48.5 Å². The highest BCUT2D eigenvalue weighted by atomic mass is 16.2. The third-order valence-electron chi connectivity index (χ3n) is 2.88. The van der Waals surface area contributed by atoms with Gasteiger partial charge in [0.15, 0.2) is 0 Å². The van der Waals surface area contributed by atoms with Crippen LogP contribution in [0.4, 0.5) is 11.4 Å². The first kappa shape index (κ1) is 12.7. The van der Waals surface area contributed by atoms with Crippen LogP contribution >= 0.6 is 0 Å². The van der Waals surface area contributed by atoms with E-state index >= 15 is 0 Å². The lowest BCUT2D eigenvalue weighted by Gasteiger charge is -2.18. The van der Waals surface area contributed by atoms with E-state index < -0.39 is 0 Å². The van der Waals surface area contributed by atoms with Gasteiger partial charge in [0.05, 0.1) is 17.2 Å². The van der Waals surface area contributed by atoms with Crippen LogP contribution in [0.2, 0.25) is 0 Å². The minimum absolute atomic E-state index is 0.178. The van der Waals surface area contributed by atoms with Crippen molar-refractivity contribution in [2.45, 2.75) is 0 Å². The second kappa shape index (κ2) is 5.23. The number of carbonyl (C=O) groups is 1. The van der Waals surface area contributed by atoms with Gasteiger partial charge in [-0.25, -0.2) is 0 Å². The molecule has 0 saturated carbocycles. The fraction of sp³-hybridized carbons (Fsp3) is 0.0667. The van der Waals surface area contributed by atoms with E-state index in [1.54, 1.807) is 55.6 Å². The molecule has 1 amide bonds. The maximum atomic E-state index is 12.3. The van der Waals surface area contributed by atoms with Crippen LogP contribution in [0.1, 0.15) is 15.9 Å². The lowest BCUT2D eigenvalue weighted by atomic mass is 10.1. The van der Waals surface area contributed by atoms with E-state index in [9.17, 15) is 4.79 Å². The number of para-hydroxylation sites is 1. The highest BCUT2D eigenvalue weighted by Gasteiger charge is 2.15. The minimum Gasteiger partial charge on any atom is -0.398 e. The quantitative estimate of drug-likeness (QED) is 0.833. The zero-order valence-corrected chi connectivity index (χ0v) is 10.5. The normalized spacial score (nSPS) is 9.68. The van der Waals surface area contributed by atoms with Crippen LogP contribution in [-0.4, -0.2) is 13.0 Å². The number of hydrogen-bond acceptors (Lipinski definition) is 3. The van der Waals surface area contributed by atoms with Gasteiger partial charge in [0.25, 0.3) is 5.91 Å². The van der Waals surface area contributed by atoms with Crippen LogP contribution < -0.4 is 10.6 Å². The van der Waals surface area contributed by atoms with E-state index in [4.69, 9.17) is 11.0 Å². The number of hydrogen-bond donors (Lipinski definition) is 1. The third-order valence-corrected chi connectivity index (χ3v) is 2.88. The van der Waals surface area contributed by atoms with Crippen molar-refractivity contribution in [1.82, 2.24) is 0 Å². The minimum atomic E-state index is -0.178. The van der Waals surface area contributed by atoms with E-state index in [2.05, 4.69) is 0 Å². The van der Waals surface area contributed by atoms with E-state index in [-0.39, 0.29) is 5.91 Å². The maximum absolute atomic E-state index is 12.3. The number of amides is 1. The summed E-state index contributed by atoms with van der Waals surface area (Å²) in [5, 5.41) is 8.74. The number of rotatable bonds is 2. The second-order valence-electron chi connectivity index (χ2n) is 4.11. The molecule has 2 aromatic carbocycles. The molecular formula is C15H13N3O. The van der Waals surface area contributed by atoms with Crippen molar-refractivity contribution in [1.29, 1.82) is 5.26 Å². The Morgan fingerprint density at radius 3 is 2.37 bits per heavy atom. The van der Waals surface area contributed by atoms with Crippen molar-refractivity contribution in [2.75, 3.05) is 17.7 Å². The summed E-state index contributed by atoms with van der Waals surface area (Å²) in [6.07, 6.45) is 0. The average molecular weight is 251 g/mol.